The molecule has 0 aliphatic heterocycles. The Labute approximate surface area is 82.5 Å². The van der Waals surface area contributed by atoms with E-state index in [2.05, 4.69) is 0 Å². The molecule has 1 amide bonds. The number of primary amides is 1. The van der Waals surface area contributed by atoms with Gasteiger partial charge in [0, 0.05) is 0 Å². The molecule has 0 aliphatic rings. The van der Waals surface area contributed by atoms with Gasteiger partial charge in [-0.05, 0) is 12.5 Å². The Bertz CT molecular complexity index is 322. The van der Waals surface area contributed by atoms with Gasteiger partial charge < -0.3 is 16.6 Å². The SMILES string of the molecule is CC(N)(C(N)=O)C(O)c1ccccc1. The molecule has 0 aromatic heterocycles. The van der Waals surface area contributed by atoms with Gasteiger partial charge in [-0.15, -0.1) is 0 Å². The fourth-order valence-electron chi connectivity index (χ4n) is 1.12. The van der Waals surface area contributed by atoms with Crippen molar-refractivity contribution in [2.45, 2.75) is 18.6 Å². The Hall–Kier alpha value is -1.39. The number of benzene rings is 1. The Kier molecular flexibility index (Phi) is 2.88. The first kappa shape index (κ1) is 10.7. The lowest BCUT2D eigenvalue weighted by molar-refractivity contribution is -0.126. The standard InChI is InChI=1S/C10H14N2O2/c1-10(12,9(11)14)8(13)7-5-3-2-4-6-7/h2-6,8,13H,12H2,1H3,(H2,11,14). The highest BCUT2D eigenvalue weighted by Crippen LogP contribution is 2.22. The van der Waals surface area contributed by atoms with Gasteiger partial charge in [0.25, 0.3) is 0 Å². The maximum Gasteiger partial charge on any atom is 0.240 e. The van der Waals surface area contributed by atoms with E-state index < -0.39 is 17.6 Å². The molecular formula is C10H14N2O2. The van der Waals surface area contributed by atoms with E-state index in [1.165, 1.54) is 6.92 Å². The van der Waals surface area contributed by atoms with Gasteiger partial charge in [-0.25, -0.2) is 0 Å². The predicted octanol–water partition coefficient (Wildman–Crippen LogP) is -0.0773. The lowest BCUT2D eigenvalue weighted by Crippen LogP contribution is -2.53. The number of hydrogen-bond donors (Lipinski definition) is 3. The Morgan fingerprint density at radius 2 is 1.93 bits per heavy atom. The first-order valence-electron chi connectivity index (χ1n) is 4.28. The maximum atomic E-state index is 11.0. The third-order valence-electron chi connectivity index (χ3n) is 2.21. The predicted molar refractivity (Wildman–Crippen MR) is 53.2 cm³/mol. The second-order valence-electron chi connectivity index (χ2n) is 3.46. The van der Waals surface area contributed by atoms with Crippen LogP contribution in [0.4, 0.5) is 0 Å². The average Bonchev–Trinajstić information content (AvgIpc) is 2.17. The van der Waals surface area contributed by atoms with Crippen molar-refractivity contribution in [1.82, 2.24) is 0 Å². The second-order valence-corrected chi connectivity index (χ2v) is 3.46. The number of carbonyl (C=O) groups excluding carboxylic acids is 1. The fraction of sp³-hybridized carbons (Fsp3) is 0.300. The van der Waals surface area contributed by atoms with Crippen molar-refractivity contribution in [1.29, 1.82) is 0 Å². The van der Waals surface area contributed by atoms with Crippen LogP contribution < -0.4 is 11.5 Å². The fourth-order valence-corrected chi connectivity index (χ4v) is 1.12. The highest BCUT2D eigenvalue weighted by molar-refractivity contribution is 5.84. The molecule has 76 valence electrons. The average molecular weight is 194 g/mol. The number of aliphatic hydroxyl groups is 1. The molecule has 0 aliphatic carbocycles. The highest BCUT2D eigenvalue weighted by Gasteiger charge is 2.35. The van der Waals surface area contributed by atoms with Gasteiger partial charge in [-0.1, -0.05) is 30.3 Å². The summed E-state index contributed by atoms with van der Waals surface area (Å²) in [5.74, 6) is -0.728. The number of rotatable bonds is 3. The second kappa shape index (κ2) is 3.77. The van der Waals surface area contributed by atoms with Crippen LogP contribution in [-0.2, 0) is 4.79 Å². The highest BCUT2D eigenvalue weighted by atomic mass is 16.3. The van der Waals surface area contributed by atoms with Crippen LogP contribution in [0.5, 0.6) is 0 Å². The van der Waals surface area contributed by atoms with Crippen molar-refractivity contribution >= 4 is 5.91 Å². The van der Waals surface area contributed by atoms with Gasteiger partial charge >= 0.3 is 0 Å². The van der Waals surface area contributed by atoms with Crippen molar-refractivity contribution in [3.05, 3.63) is 35.9 Å². The van der Waals surface area contributed by atoms with Gasteiger partial charge in [0.15, 0.2) is 0 Å². The summed E-state index contributed by atoms with van der Waals surface area (Å²) in [5.41, 5.74) is 9.83. The molecule has 2 atom stereocenters. The molecule has 0 bridgehead atoms. The zero-order valence-corrected chi connectivity index (χ0v) is 7.97. The molecule has 0 spiro atoms. The largest absolute Gasteiger partial charge is 0.386 e. The number of hydrogen-bond acceptors (Lipinski definition) is 3. The summed E-state index contributed by atoms with van der Waals surface area (Å²) in [7, 11) is 0. The summed E-state index contributed by atoms with van der Waals surface area (Å²) in [5, 5.41) is 9.79. The molecule has 4 nitrogen and oxygen atoms in total. The van der Waals surface area contributed by atoms with Gasteiger partial charge in [0.05, 0.1) is 0 Å². The van der Waals surface area contributed by atoms with Crippen molar-refractivity contribution in [3.8, 4) is 0 Å². The quantitative estimate of drug-likeness (QED) is 0.628. The van der Waals surface area contributed by atoms with E-state index in [4.69, 9.17) is 11.5 Å². The molecule has 1 aromatic carbocycles. The molecular weight excluding hydrogens is 180 g/mol. The van der Waals surface area contributed by atoms with Gasteiger partial charge in [0.2, 0.25) is 5.91 Å². The van der Waals surface area contributed by atoms with Crippen LogP contribution in [0.15, 0.2) is 30.3 Å². The summed E-state index contributed by atoms with van der Waals surface area (Å²) in [6.07, 6.45) is -1.08. The molecule has 1 rings (SSSR count). The third kappa shape index (κ3) is 1.92. The van der Waals surface area contributed by atoms with Crippen LogP contribution in [0.1, 0.15) is 18.6 Å². The summed E-state index contributed by atoms with van der Waals surface area (Å²) in [4.78, 5) is 11.0. The van der Waals surface area contributed by atoms with Crippen LogP contribution >= 0.6 is 0 Å². The summed E-state index contributed by atoms with van der Waals surface area (Å²) < 4.78 is 0. The number of carbonyl (C=O) groups is 1. The smallest absolute Gasteiger partial charge is 0.240 e. The molecule has 2 unspecified atom stereocenters. The van der Waals surface area contributed by atoms with Gasteiger partial charge in [-0.2, -0.15) is 0 Å². The zero-order valence-electron chi connectivity index (χ0n) is 7.97. The molecule has 14 heavy (non-hydrogen) atoms. The first-order chi connectivity index (χ1) is 6.46. The normalized spacial score (nSPS) is 17.1. The third-order valence-corrected chi connectivity index (χ3v) is 2.21. The first-order valence-corrected chi connectivity index (χ1v) is 4.28. The minimum atomic E-state index is -1.44. The molecule has 5 N–H and O–H groups in total. The Morgan fingerprint density at radius 1 is 1.43 bits per heavy atom. The van der Waals surface area contributed by atoms with Crippen LogP contribution in [0.25, 0.3) is 0 Å². The molecule has 0 radical (unpaired) electrons. The molecule has 0 saturated heterocycles. The van der Waals surface area contributed by atoms with E-state index in [0.717, 1.165) is 0 Å². The lowest BCUT2D eigenvalue weighted by Gasteiger charge is -2.27. The van der Waals surface area contributed by atoms with Crippen molar-refractivity contribution in [2.75, 3.05) is 0 Å². The topological polar surface area (TPSA) is 89.3 Å². The minimum Gasteiger partial charge on any atom is -0.386 e. The molecule has 0 fully saturated rings. The van der Waals surface area contributed by atoms with E-state index in [-0.39, 0.29) is 0 Å². The zero-order chi connectivity index (χ0) is 10.8. The lowest BCUT2D eigenvalue weighted by atomic mass is 9.90. The van der Waals surface area contributed by atoms with E-state index in [1.54, 1.807) is 24.3 Å². The van der Waals surface area contributed by atoms with Gasteiger partial charge in [-0.3, -0.25) is 4.79 Å². The van der Waals surface area contributed by atoms with Crippen molar-refractivity contribution in [3.63, 3.8) is 0 Å². The minimum absolute atomic E-state index is 0.580. The van der Waals surface area contributed by atoms with Crippen LogP contribution in [-0.4, -0.2) is 16.6 Å². The summed E-state index contributed by atoms with van der Waals surface area (Å²) in [6.45, 7) is 1.41. The Morgan fingerprint density at radius 3 is 2.36 bits per heavy atom. The number of aliphatic hydroxyl groups excluding tert-OH is 1. The molecule has 0 saturated carbocycles. The monoisotopic (exact) mass is 194 g/mol. The molecule has 1 aromatic rings. The number of amides is 1. The molecule has 0 heterocycles. The summed E-state index contributed by atoms with van der Waals surface area (Å²) >= 11 is 0. The van der Waals surface area contributed by atoms with E-state index in [1.807, 2.05) is 6.07 Å². The molecule has 4 heteroatoms. The van der Waals surface area contributed by atoms with E-state index in [0.29, 0.717) is 5.56 Å². The van der Waals surface area contributed by atoms with Crippen LogP contribution in [0.3, 0.4) is 0 Å². The van der Waals surface area contributed by atoms with Crippen LogP contribution in [0, 0.1) is 0 Å². The summed E-state index contributed by atoms with van der Waals surface area (Å²) in [6, 6.07) is 8.72. The number of nitrogens with two attached hydrogens (primary N) is 2. The van der Waals surface area contributed by atoms with E-state index in [9.17, 15) is 9.90 Å². The van der Waals surface area contributed by atoms with Crippen LogP contribution in [0.2, 0.25) is 0 Å². The van der Waals surface area contributed by atoms with Crippen molar-refractivity contribution < 1.29 is 9.90 Å². The van der Waals surface area contributed by atoms with Gasteiger partial charge in [0.1, 0.15) is 11.6 Å². The Balaban J connectivity index is 2.96. The van der Waals surface area contributed by atoms with Crippen molar-refractivity contribution in [2.24, 2.45) is 11.5 Å². The van der Waals surface area contributed by atoms with E-state index >= 15 is 0 Å². The maximum absolute atomic E-state index is 11.0.